The zero-order valence-corrected chi connectivity index (χ0v) is 10.3. The molecule has 0 aliphatic rings. The molecular weight excluding hydrogens is 194 g/mol. The highest BCUT2D eigenvalue weighted by atomic mass is 32.1. The highest BCUT2D eigenvalue weighted by Gasteiger charge is 2.28. The number of aromatic nitrogens is 1. The molecule has 0 aromatic carbocycles. The second kappa shape index (κ2) is 4.89. The summed E-state index contributed by atoms with van der Waals surface area (Å²) in [5.41, 5.74) is -0.188. The van der Waals surface area contributed by atoms with E-state index >= 15 is 0 Å². The van der Waals surface area contributed by atoms with Crippen LogP contribution in [0.2, 0.25) is 0 Å². The molecule has 0 fully saturated rings. The van der Waals surface area contributed by atoms with Crippen LogP contribution in [0, 0.1) is 0 Å². The average Bonchev–Trinajstić information content (AvgIpc) is 2.66. The van der Waals surface area contributed by atoms with E-state index in [1.54, 1.807) is 11.3 Å². The fourth-order valence-corrected chi connectivity index (χ4v) is 2.37. The predicted molar refractivity (Wildman–Crippen MR) is 60.8 cm³/mol. The van der Waals surface area contributed by atoms with Gasteiger partial charge in [-0.05, 0) is 26.7 Å². The Morgan fingerprint density at radius 1 is 1.43 bits per heavy atom. The van der Waals surface area contributed by atoms with E-state index in [0.29, 0.717) is 0 Å². The van der Waals surface area contributed by atoms with E-state index in [4.69, 9.17) is 4.74 Å². The molecule has 0 saturated heterocycles. The zero-order valence-electron chi connectivity index (χ0n) is 9.46. The quantitative estimate of drug-likeness (QED) is 0.748. The van der Waals surface area contributed by atoms with E-state index in [1.165, 1.54) is 4.88 Å². The number of aryl methyl sites for hydroxylation is 1. The van der Waals surface area contributed by atoms with E-state index in [2.05, 4.69) is 25.8 Å². The Kier molecular flexibility index (Phi) is 4.08. The lowest BCUT2D eigenvalue weighted by Gasteiger charge is -2.25. The Balaban J connectivity index is 2.87. The topological polar surface area (TPSA) is 22.1 Å². The Hall–Kier alpha value is -0.410. The third kappa shape index (κ3) is 2.34. The van der Waals surface area contributed by atoms with Crippen molar-refractivity contribution in [1.82, 2.24) is 4.98 Å². The van der Waals surface area contributed by atoms with Crippen LogP contribution < -0.4 is 0 Å². The van der Waals surface area contributed by atoms with Crippen LogP contribution >= 0.6 is 11.3 Å². The molecule has 0 spiro atoms. The van der Waals surface area contributed by atoms with Crippen LogP contribution in [0.3, 0.4) is 0 Å². The first-order valence-corrected chi connectivity index (χ1v) is 6.07. The van der Waals surface area contributed by atoms with Gasteiger partial charge in [0.15, 0.2) is 0 Å². The smallest absolute Gasteiger partial charge is 0.125 e. The van der Waals surface area contributed by atoms with E-state index in [0.717, 1.165) is 24.5 Å². The van der Waals surface area contributed by atoms with Crippen molar-refractivity contribution in [2.75, 3.05) is 6.61 Å². The van der Waals surface area contributed by atoms with Crippen LogP contribution in [0.1, 0.15) is 44.0 Å². The third-order valence-corrected chi connectivity index (χ3v) is 3.88. The summed E-state index contributed by atoms with van der Waals surface area (Å²) in [7, 11) is 0. The van der Waals surface area contributed by atoms with Crippen LogP contribution in [0.4, 0.5) is 0 Å². The minimum atomic E-state index is -0.188. The van der Waals surface area contributed by atoms with Gasteiger partial charge in [-0.2, -0.15) is 0 Å². The maximum Gasteiger partial charge on any atom is 0.125 e. The van der Waals surface area contributed by atoms with Gasteiger partial charge in [0, 0.05) is 17.7 Å². The molecule has 80 valence electrons. The number of nitrogens with zero attached hydrogens (tertiary/aromatic N) is 1. The third-order valence-electron chi connectivity index (χ3n) is 2.49. The van der Waals surface area contributed by atoms with Crippen molar-refractivity contribution in [1.29, 1.82) is 0 Å². The Morgan fingerprint density at radius 2 is 2.14 bits per heavy atom. The minimum absolute atomic E-state index is 0.188. The summed E-state index contributed by atoms with van der Waals surface area (Å²) in [4.78, 5) is 5.77. The minimum Gasteiger partial charge on any atom is -0.368 e. The van der Waals surface area contributed by atoms with Gasteiger partial charge in [-0.3, -0.25) is 0 Å². The number of thiazole rings is 1. The highest BCUT2D eigenvalue weighted by molar-refractivity contribution is 7.11. The molecule has 1 atom stereocenters. The van der Waals surface area contributed by atoms with Gasteiger partial charge in [-0.15, -0.1) is 11.3 Å². The van der Waals surface area contributed by atoms with E-state index < -0.39 is 0 Å². The summed E-state index contributed by atoms with van der Waals surface area (Å²) < 4.78 is 5.77. The van der Waals surface area contributed by atoms with Crippen LogP contribution in [-0.2, 0) is 16.8 Å². The number of ether oxygens (including phenoxy) is 1. The fraction of sp³-hybridized carbons (Fsp3) is 0.727. The van der Waals surface area contributed by atoms with Gasteiger partial charge in [-0.1, -0.05) is 13.8 Å². The molecule has 0 amide bonds. The van der Waals surface area contributed by atoms with Crippen molar-refractivity contribution in [2.24, 2.45) is 0 Å². The molecule has 14 heavy (non-hydrogen) atoms. The largest absolute Gasteiger partial charge is 0.368 e. The molecule has 2 nitrogen and oxygen atoms in total. The first-order chi connectivity index (χ1) is 6.66. The first kappa shape index (κ1) is 11.7. The Bertz CT molecular complexity index is 285. The summed E-state index contributed by atoms with van der Waals surface area (Å²) in [6, 6.07) is 0. The van der Waals surface area contributed by atoms with Crippen LogP contribution in [-0.4, -0.2) is 11.6 Å². The molecule has 1 aromatic rings. The first-order valence-electron chi connectivity index (χ1n) is 5.25. The van der Waals surface area contributed by atoms with Crippen molar-refractivity contribution in [3.63, 3.8) is 0 Å². The van der Waals surface area contributed by atoms with Gasteiger partial charge in [0.25, 0.3) is 0 Å². The van der Waals surface area contributed by atoms with Crippen molar-refractivity contribution in [3.05, 3.63) is 16.1 Å². The lowest BCUT2D eigenvalue weighted by atomic mass is 10.1. The monoisotopic (exact) mass is 213 g/mol. The summed E-state index contributed by atoms with van der Waals surface area (Å²) in [6.45, 7) is 9.19. The maximum atomic E-state index is 5.77. The van der Waals surface area contributed by atoms with Crippen molar-refractivity contribution in [2.45, 2.75) is 46.1 Å². The Labute approximate surface area is 90.3 Å². The molecule has 0 aliphatic heterocycles. The summed E-state index contributed by atoms with van der Waals surface area (Å²) >= 11 is 1.77. The second-order valence-electron chi connectivity index (χ2n) is 3.50. The Morgan fingerprint density at radius 3 is 2.57 bits per heavy atom. The predicted octanol–water partition coefficient (Wildman–Crippen LogP) is 3.37. The molecule has 1 rings (SSSR count). The second-order valence-corrected chi connectivity index (χ2v) is 4.62. The van der Waals surface area contributed by atoms with Gasteiger partial charge in [0.05, 0.1) is 0 Å². The van der Waals surface area contributed by atoms with Gasteiger partial charge >= 0.3 is 0 Å². The molecule has 1 unspecified atom stereocenters. The van der Waals surface area contributed by atoms with Crippen molar-refractivity contribution < 1.29 is 4.74 Å². The van der Waals surface area contributed by atoms with Gasteiger partial charge in [0.2, 0.25) is 0 Å². The molecule has 0 saturated carbocycles. The summed E-state index contributed by atoms with van der Waals surface area (Å²) in [6.07, 6.45) is 3.99. The maximum absolute atomic E-state index is 5.77. The summed E-state index contributed by atoms with van der Waals surface area (Å²) in [5, 5.41) is 1.11. The molecule has 0 radical (unpaired) electrons. The normalized spacial score (nSPS) is 15.4. The van der Waals surface area contributed by atoms with Gasteiger partial charge < -0.3 is 4.74 Å². The number of hydrogen-bond acceptors (Lipinski definition) is 3. The van der Waals surface area contributed by atoms with Crippen LogP contribution in [0.25, 0.3) is 0 Å². The van der Waals surface area contributed by atoms with Crippen LogP contribution in [0.5, 0.6) is 0 Å². The molecule has 0 bridgehead atoms. The van der Waals surface area contributed by atoms with Gasteiger partial charge in [-0.25, -0.2) is 4.98 Å². The standard InChI is InChI=1S/C11H19NOS/c1-5-9-8-12-10(14-9)11(4,6-2)13-7-3/h8H,5-7H2,1-4H3. The average molecular weight is 213 g/mol. The lowest BCUT2D eigenvalue weighted by molar-refractivity contribution is -0.0324. The molecule has 0 aliphatic carbocycles. The molecule has 0 N–H and O–H groups in total. The van der Waals surface area contributed by atoms with Crippen molar-refractivity contribution >= 4 is 11.3 Å². The zero-order chi connectivity index (χ0) is 10.6. The van der Waals surface area contributed by atoms with E-state index in [-0.39, 0.29) is 5.60 Å². The van der Waals surface area contributed by atoms with E-state index in [1.807, 2.05) is 13.1 Å². The summed E-state index contributed by atoms with van der Waals surface area (Å²) in [5.74, 6) is 0. The SMILES string of the molecule is CCOC(C)(CC)c1ncc(CC)s1. The molecule has 1 heterocycles. The fourth-order valence-electron chi connectivity index (χ4n) is 1.35. The van der Waals surface area contributed by atoms with Crippen molar-refractivity contribution in [3.8, 4) is 0 Å². The lowest BCUT2D eigenvalue weighted by Crippen LogP contribution is -2.24. The molecule has 1 aromatic heterocycles. The number of hydrogen-bond donors (Lipinski definition) is 0. The number of rotatable bonds is 5. The van der Waals surface area contributed by atoms with Crippen LogP contribution in [0.15, 0.2) is 6.20 Å². The van der Waals surface area contributed by atoms with Gasteiger partial charge in [0.1, 0.15) is 10.6 Å². The highest BCUT2D eigenvalue weighted by Crippen LogP contribution is 2.32. The molecular formula is C11H19NOS. The van der Waals surface area contributed by atoms with E-state index in [9.17, 15) is 0 Å². The molecule has 3 heteroatoms.